The molecule has 0 unspecified atom stereocenters. The van der Waals surface area contributed by atoms with Gasteiger partial charge in [0.1, 0.15) is 28.9 Å². The highest BCUT2D eigenvalue weighted by Gasteiger charge is 2.06. The van der Waals surface area contributed by atoms with Crippen molar-refractivity contribution in [1.82, 2.24) is 4.98 Å². The van der Waals surface area contributed by atoms with E-state index >= 15 is 0 Å². The topological polar surface area (TPSA) is 40.6 Å². The molecule has 0 spiro atoms. The van der Waals surface area contributed by atoms with Crippen molar-refractivity contribution in [1.29, 1.82) is 0 Å². The van der Waals surface area contributed by atoms with Crippen LogP contribution in [0, 0.1) is 0 Å². The first-order valence-corrected chi connectivity index (χ1v) is 7.30. The Kier molecular flexibility index (Phi) is 3.92. The molecule has 5 heteroatoms. The third-order valence-corrected chi connectivity index (χ3v) is 4.04. The predicted octanol–water partition coefficient (Wildman–Crippen LogP) is 3.89. The van der Waals surface area contributed by atoms with Gasteiger partial charge in [0.05, 0.1) is 24.4 Å². The molecule has 0 bridgehead atoms. The lowest BCUT2D eigenvalue weighted by Crippen LogP contribution is -1.96. The summed E-state index contributed by atoms with van der Waals surface area (Å²) in [7, 11) is 3.23. The average Bonchev–Trinajstić information content (AvgIpc) is 2.95. The number of methoxy groups -OCH3 is 2. The van der Waals surface area contributed by atoms with Gasteiger partial charge < -0.3 is 14.2 Å². The Morgan fingerprint density at radius 3 is 2.29 bits per heavy atom. The lowest BCUT2D eigenvalue weighted by atomic mass is 10.3. The van der Waals surface area contributed by atoms with Crippen molar-refractivity contribution in [2.45, 2.75) is 6.61 Å². The highest BCUT2D eigenvalue weighted by Crippen LogP contribution is 2.29. The van der Waals surface area contributed by atoms with E-state index in [1.165, 1.54) is 4.70 Å². The molecule has 21 heavy (non-hydrogen) atoms. The number of hydrogen-bond acceptors (Lipinski definition) is 5. The summed E-state index contributed by atoms with van der Waals surface area (Å²) >= 11 is 1.64. The van der Waals surface area contributed by atoms with E-state index in [9.17, 15) is 0 Å². The zero-order valence-electron chi connectivity index (χ0n) is 11.8. The van der Waals surface area contributed by atoms with Gasteiger partial charge >= 0.3 is 0 Å². The van der Waals surface area contributed by atoms with Gasteiger partial charge in [-0.15, -0.1) is 11.3 Å². The first-order valence-electron chi connectivity index (χ1n) is 6.49. The summed E-state index contributed by atoms with van der Waals surface area (Å²) in [6.45, 7) is 0.426. The molecule has 4 nitrogen and oxygen atoms in total. The molecule has 0 aliphatic heterocycles. The molecule has 0 amide bonds. The minimum absolute atomic E-state index is 0.426. The van der Waals surface area contributed by atoms with E-state index < -0.39 is 0 Å². The van der Waals surface area contributed by atoms with Gasteiger partial charge in [0, 0.05) is 18.2 Å². The molecule has 1 aromatic heterocycles. The van der Waals surface area contributed by atoms with E-state index in [2.05, 4.69) is 11.1 Å². The van der Waals surface area contributed by atoms with Crippen molar-refractivity contribution in [3.8, 4) is 17.2 Å². The molecular weight excluding hydrogens is 286 g/mol. The van der Waals surface area contributed by atoms with Gasteiger partial charge in [-0.05, 0) is 12.1 Å². The lowest BCUT2D eigenvalue weighted by Gasteiger charge is -2.09. The van der Waals surface area contributed by atoms with Crippen LogP contribution in [-0.2, 0) is 6.61 Å². The van der Waals surface area contributed by atoms with Crippen LogP contribution in [0.2, 0.25) is 0 Å². The molecule has 1 heterocycles. The highest BCUT2D eigenvalue weighted by molar-refractivity contribution is 7.18. The summed E-state index contributed by atoms with van der Waals surface area (Å²) in [6, 6.07) is 13.5. The number of benzene rings is 2. The molecule has 0 fully saturated rings. The molecule has 0 saturated heterocycles. The number of fused-ring (bicyclic) bond motifs is 1. The van der Waals surface area contributed by atoms with Crippen LogP contribution in [0.25, 0.3) is 10.2 Å². The Balaban J connectivity index is 1.77. The van der Waals surface area contributed by atoms with Crippen LogP contribution < -0.4 is 14.2 Å². The van der Waals surface area contributed by atoms with Crippen LogP contribution in [0.4, 0.5) is 0 Å². The number of rotatable bonds is 5. The van der Waals surface area contributed by atoms with E-state index in [0.29, 0.717) is 23.9 Å². The Bertz CT molecular complexity index is 699. The normalized spacial score (nSPS) is 10.6. The molecule has 2 aromatic carbocycles. The van der Waals surface area contributed by atoms with Crippen LogP contribution in [-0.4, -0.2) is 19.2 Å². The summed E-state index contributed by atoms with van der Waals surface area (Å²) in [4.78, 5) is 4.54. The number of nitrogens with zero attached hydrogens (tertiary/aromatic N) is 1. The summed E-state index contributed by atoms with van der Waals surface area (Å²) in [5.74, 6) is 2.10. The van der Waals surface area contributed by atoms with Crippen LogP contribution in [0.1, 0.15) is 5.01 Å². The summed E-state index contributed by atoms with van der Waals surface area (Å²) in [5.41, 5.74) is 1.00. The second-order valence-corrected chi connectivity index (χ2v) is 5.53. The molecule has 3 aromatic rings. The van der Waals surface area contributed by atoms with E-state index in [4.69, 9.17) is 14.2 Å². The van der Waals surface area contributed by atoms with Crippen LogP contribution in [0.15, 0.2) is 42.5 Å². The van der Waals surface area contributed by atoms with Gasteiger partial charge in [-0.1, -0.05) is 12.1 Å². The maximum absolute atomic E-state index is 5.79. The zero-order valence-corrected chi connectivity index (χ0v) is 12.6. The van der Waals surface area contributed by atoms with Crippen molar-refractivity contribution in [3.05, 3.63) is 47.5 Å². The minimum atomic E-state index is 0.426. The van der Waals surface area contributed by atoms with Gasteiger partial charge in [0.2, 0.25) is 0 Å². The van der Waals surface area contributed by atoms with Crippen molar-refractivity contribution in [3.63, 3.8) is 0 Å². The molecule has 0 aliphatic carbocycles. The number of ether oxygens (including phenoxy) is 3. The fraction of sp³-hybridized carbons (Fsp3) is 0.188. The molecule has 0 saturated carbocycles. The van der Waals surface area contributed by atoms with Crippen LogP contribution in [0.3, 0.4) is 0 Å². The first kappa shape index (κ1) is 13.7. The molecule has 0 aliphatic rings. The Hall–Kier alpha value is -2.27. The Morgan fingerprint density at radius 1 is 0.952 bits per heavy atom. The standard InChI is InChI=1S/C16H15NO3S/c1-18-11-7-12(19-2)9-13(8-11)20-10-16-17-14-5-3-4-6-15(14)21-16/h3-9H,10H2,1-2H3. The van der Waals surface area contributed by atoms with Gasteiger partial charge in [0.15, 0.2) is 0 Å². The van der Waals surface area contributed by atoms with Gasteiger partial charge in [0.25, 0.3) is 0 Å². The van der Waals surface area contributed by atoms with Crippen LogP contribution in [0.5, 0.6) is 17.2 Å². The molecule has 0 atom stereocenters. The monoisotopic (exact) mass is 301 g/mol. The number of aromatic nitrogens is 1. The number of thiazole rings is 1. The van der Waals surface area contributed by atoms with E-state index in [1.54, 1.807) is 25.6 Å². The van der Waals surface area contributed by atoms with Crippen molar-refractivity contribution < 1.29 is 14.2 Å². The first-order chi connectivity index (χ1) is 10.3. The highest BCUT2D eigenvalue weighted by atomic mass is 32.1. The lowest BCUT2D eigenvalue weighted by molar-refractivity contribution is 0.300. The molecule has 0 N–H and O–H groups in total. The number of para-hydroxylation sites is 1. The Morgan fingerprint density at radius 2 is 1.62 bits per heavy atom. The minimum Gasteiger partial charge on any atom is -0.496 e. The van der Waals surface area contributed by atoms with Gasteiger partial charge in [-0.3, -0.25) is 0 Å². The average molecular weight is 301 g/mol. The maximum atomic E-state index is 5.79. The smallest absolute Gasteiger partial charge is 0.140 e. The van der Waals surface area contributed by atoms with E-state index in [1.807, 2.05) is 36.4 Å². The Labute approximate surface area is 126 Å². The quantitative estimate of drug-likeness (QED) is 0.717. The maximum Gasteiger partial charge on any atom is 0.140 e. The summed E-state index contributed by atoms with van der Waals surface area (Å²) in [6.07, 6.45) is 0. The van der Waals surface area contributed by atoms with Crippen molar-refractivity contribution >= 4 is 21.6 Å². The molecule has 108 valence electrons. The molecule has 3 rings (SSSR count). The summed E-state index contributed by atoms with van der Waals surface area (Å²) in [5, 5.41) is 0.943. The van der Waals surface area contributed by atoms with Gasteiger partial charge in [-0.25, -0.2) is 4.98 Å². The molecule has 0 radical (unpaired) electrons. The third kappa shape index (κ3) is 3.08. The van der Waals surface area contributed by atoms with Gasteiger partial charge in [-0.2, -0.15) is 0 Å². The SMILES string of the molecule is COc1cc(OC)cc(OCc2nc3ccccc3s2)c1. The number of hydrogen-bond donors (Lipinski definition) is 0. The zero-order chi connectivity index (χ0) is 14.7. The largest absolute Gasteiger partial charge is 0.496 e. The van der Waals surface area contributed by atoms with E-state index in [-0.39, 0.29) is 0 Å². The molecular formula is C16H15NO3S. The predicted molar refractivity (Wildman–Crippen MR) is 83.5 cm³/mol. The summed E-state index contributed by atoms with van der Waals surface area (Å²) < 4.78 is 17.4. The van der Waals surface area contributed by atoms with Crippen LogP contribution >= 0.6 is 11.3 Å². The van der Waals surface area contributed by atoms with Crippen molar-refractivity contribution in [2.24, 2.45) is 0 Å². The second kappa shape index (κ2) is 6.01. The fourth-order valence-electron chi connectivity index (χ4n) is 1.99. The second-order valence-electron chi connectivity index (χ2n) is 4.41. The van der Waals surface area contributed by atoms with E-state index in [0.717, 1.165) is 10.5 Å². The fourth-order valence-corrected chi connectivity index (χ4v) is 2.87. The van der Waals surface area contributed by atoms with Crippen molar-refractivity contribution in [2.75, 3.05) is 14.2 Å². The third-order valence-electron chi connectivity index (χ3n) is 3.03.